The number of aryl methyl sites for hydroxylation is 1. The zero-order valence-electron chi connectivity index (χ0n) is 12.9. The van der Waals surface area contributed by atoms with Gasteiger partial charge < -0.3 is 4.74 Å². The van der Waals surface area contributed by atoms with Gasteiger partial charge in [0.05, 0.1) is 12.7 Å². The highest BCUT2D eigenvalue weighted by atomic mass is 16.5. The Labute approximate surface area is 123 Å². The van der Waals surface area contributed by atoms with Crippen LogP contribution in [0, 0.1) is 11.3 Å². The first-order valence-electron chi connectivity index (χ1n) is 7.51. The van der Waals surface area contributed by atoms with Gasteiger partial charge in [0.15, 0.2) is 0 Å². The number of unbranched alkanes of at least 4 members (excludes halogenated alkanes) is 1. The summed E-state index contributed by atoms with van der Waals surface area (Å²) in [5.74, 6) is 0.944. The van der Waals surface area contributed by atoms with Crippen molar-refractivity contribution in [3.8, 4) is 11.8 Å². The quantitative estimate of drug-likeness (QED) is 0.698. The van der Waals surface area contributed by atoms with Gasteiger partial charge in [0, 0.05) is 0 Å². The van der Waals surface area contributed by atoms with E-state index in [9.17, 15) is 0 Å². The molecule has 1 aromatic carbocycles. The summed E-state index contributed by atoms with van der Waals surface area (Å²) in [6.45, 7) is 7.66. The van der Waals surface area contributed by atoms with Crippen molar-refractivity contribution in [2.24, 2.45) is 0 Å². The number of hydrogen-bond acceptors (Lipinski definition) is 3. The zero-order chi connectivity index (χ0) is 14.8. The van der Waals surface area contributed by atoms with Crippen molar-refractivity contribution in [1.82, 2.24) is 5.32 Å². The lowest BCUT2D eigenvalue weighted by atomic mass is 9.97. The average Bonchev–Trinajstić information content (AvgIpc) is 2.47. The molecule has 0 heterocycles. The van der Waals surface area contributed by atoms with Crippen molar-refractivity contribution in [3.05, 3.63) is 29.8 Å². The van der Waals surface area contributed by atoms with E-state index >= 15 is 0 Å². The highest BCUT2D eigenvalue weighted by molar-refractivity contribution is 5.28. The third kappa shape index (κ3) is 5.63. The fraction of sp³-hybridized carbons (Fsp3) is 0.588. The summed E-state index contributed by atoms with van der Waals surface area (Å²) in [5, 5.41) is 12.4. The van der Waals surface area contributed by atoms with Crippen LogP contribution in [0.2, 0.25) is 0 Å². The second kappa shape index (κ2) is 8.60. The van der Waals surface area contributed by atoms with E-state index in [0.29, 0.717) is 6.61 Å². The van der Waals surface area contributed by atoms with Gasteiger partial charge in [0.2, 0.25) is 0 Å². The largest absolute Gasteiger partial charge is 0.494 e. The van der Waals surface area contributed by atoms with Crippen LogP contribution in [0.4, 0.5) is 0 Å². The Kier molecular flexibility index (Phi) is 7.11. The predicted octanol–water partition coefficient (Wildman–Crippen LogP) is 3.69. The first-order chi connectivity index (χ1) is 9.63. The van der Waals surface area contributed by atoms with Gasteiger partial charge in [-0.05, 0) is 56.8 Å². The molecule has 0 aliphatic rings. The molecule has 0 radical (unpaired) electrons. The normalized spacial score (nSPS) is 13.5. The molecule has 0 aliphatic heterocycles. The maximum absolute atomic E-state index is 9.16. The summed E-state index contributed by atoms with van der Waals surface area (Å²) in [6.07, 6.45) is 3.85. The summed E-state index contributed by atoms with van der Waals surface area (Å²) in [6, 6.07) is 10.6. The molecule has 0 spiro atoms. The third-order valence-corrected chi connectivity index (χ3v) is 3.46. The minimum Gasteiger partial charge on any atom is -0.494 e. The SMILES string of the molecule is CCNC(C)(C#N)CCCCOc1cccc(CC)c1. The van der Waals surface area contributed by atoms with Crippen LogP contribution >= 0.6 is 0 Å². The van der Waals surface area contributed by atoms with Gasteiger partial charge in [0.1, 0.15) is 11.3 Å². The summed E-state index contributed by atoms with van der Waals surface area (Å²) >= 11 is 0. The number of nitrogens with one attached hydrogen (secondary N) is 1. The van der Waals surface area contributed by atoms with E-state index in [1.54, 1.807) is 0 Å². The molecule has 0 saturated heterocycles. The van der Waals surface area contributed by atoms with Gasteiger partial charge in [-0.25, -0.2) is 0 Å². The summed E-state index contributed by atoms with van der Waals surface area (Å²) in [4.78, 5) is 0. The molecule has 110 valence electrons. The molecule has 0 aromatic heterocycles. The van der Waals surface area contributed by atoms with Crippen LogP contribution in [0.5, 0.6) is 5.75 Å². The summed E-state index contributed by atoms with van der Waals surface area (Å²) in [7, 11) is 0. The van der Waals surface area contributed by atoms with Gasteiger partial charge in [0.25, 0.3) is 0 Å². The minimum atomic E-state index is -0.406. The van der Waals surface area contributed by atoms with Gasteiger partial charge in [-0.15, -0.1) is 0 Å². The second-order valence-corrected chi connectivity index (χ2v) is 5.28. The van der Waals surface area contributed by atoms with Gasteiger partial charge in [-0.1, -0.05) is 26.0 Å². The Balaban J connectivity index is 2.26. The number of nitrogens with zero attached hydrogens (tertiary/aromatic N) is 1. The van der Waals surface area contributed by atoms with Crippen molar-refractivity contribution in [2.45, 2.75) is 52.0 Å². The monoisotopic (exact) mass is 274 g/mol. The van der Waals surface area contributed by atoms with Crippen LogP contribution in [0.25, 0.3) is 0 Å². The lowest BCUT2D eigenvalue weighted by molar-refractivity contribution is 0.295. The standard InChI is InChI=1S/C17H26N2O/c1-4-15-9-8-10-16(13-15)20-12-7-6-11-17(3,14-18)19-5-2/h8-10,13,19H,4-7,11-12H2,1-3H3. The summed E-state index contributed by atoms with van der Waals surface area (Å²) < 4.78 is 5.75. The molecule has 0 bridgehead atoms. The molecular formula is C17H26N2O. The molecule has 3 heteroatoms. The van der Waals surface area contributed by atoms with Gasteiger partial charge in [-0.3, -0.25) is 5.32 Å². The van der Waals surface area contributed by atoms with Crippen LogP contribution in [0.15, 0.2) is 24.3 Å². The molecule has 1 aromatic rings. The zero-order valence-corrected chi connectivity index (χ0v) is 12.9. The van der Waals surface area contributed by atoms with Crippen molar-refractivity contribution < 1.29 is 4.74 Å². The number of ether oxygens (including phenoxy) is 1. The van der Waals surface area contributed by atoms with Crippen LogP contribution in [-0.4, -0.2) is 18.7 Å². The Bertz CT molecular complexity index is 439. The van der Waals surface area contributed by atoms with Crippen LogP contribution in [0.3, 0.4) is 0 Å². The van der Waals surface area contributed by atoms with Crippen molar-refractivity contribution in [3.63, 3.8) is 0 Å². The molecule has 1 N–H and O–H groups in total. The van der Waals surface area contributed by atoms with Crippen LogP contribution in [-0.2, 0) is 6.42 Å². The average molecular weight is 274 g/mol. The molecule has 1 atom stereocenters. The molecule has 20 heavy (non-hydrogen) atoms. The molecule has 0 fully saturated rings. The fourth-order valence-corrected chi connectivity index (χ4v) is 2.20. The maximum atomic E-state index is 9.16. The Morgan fingerprint density at radius 3 is 2.75 bits per heavy atom. The Morgan fingerprint density at radius 2 is 2.10 bits per heavy atom. The second-order valence-electron chi connectivity index (χ2n) is 5.28. The van der Waals surface area contributed by atoms with E-state index in [2.05, 4.69) is 30.4 Å². The lowest BCUT2D eigenvalue weighted by Crippen LogP contribution is -2.40. The minimum absolute atomic E-state index is 0.406. The van der Waals surface area contributed by atoms with Crippen molar-refractivity contribution in [1.29, 1.82) is 5.26 Å². The fourth-order valence-electron chi connectivity index (χ4n) is 2.20. The first-order valence-corrected chi connectivity index (χ1v) is 7.51. The molecule has 1 rings (SSSR count). The lowest BCUT2D eigenvalue weighted by Gasteiger charge is -2.22. The molecule has 0 amide bonds. The molecule has 0 saturated carbocycles. The summed E-state index contributed by atoms with van der Waals surface area (Å²) in [5.41, 5.74) is 0.892. The van der Waals surface area contributed by atoms with Crippen molar-refractivity contribution >= 4 is 0 Å². The smallest absolute Gasteiger partial charge is 0.119 e. The van der Waals surface area contributed by atoms with E-state index < -0.39 is 5.54 Å². The Morgan fingerprint density at radius 1 is 1.30 bits per heavy atom. The van der Waals surface area contributed by atoms with Gasteiger partial charge in [-0.2, -0.15) is 5.26 Å². The molecule has 0 aliphatic carbocycles. The third-order valence-electron chi connectivity index (χ3n) is 3.46. The van der Waals surface area contributed by atoms with E-state index in [-0.39, 0.29) is 0 Å². The number of hydrogen-bond donors (Lipinski definition) is 1. The predicted molar refractivity (Wildman–Crippen MR) is 82.9 cm³/mol. The van der Waals surface area contributed by atoms with E-state index in [1.807, 2.05) is 26.0 Å². The van der Waals surface area contributed by atoms with Crippen LogP contribution < -0.4 is 10.1 Å². The highest BCUT2D eigenvalue weighted by Gasteiger charge is 2.21. The molecule has 3 nitrogen and oxygen atoms in total. The topological polar surface area (TPSA) is 45.0 Å². The first kappa shape index (κ1) is 16.5. The maximum Gasteiger partial charge on any atom is 0.119 e. The van der Waals surface area contributed by atoms with E-state index in [0.717, 1.165) is 38.0 Å². The number of rotatable bonds is 9. The van der Waals surface area contributed by atoms with E-state index in [1.165, 1.54) is 5.56 Å². The number of nitriles is 1. The van der Waals surface area contributed by atoms with Gasteiger partial charge >= 0.3 is 0 Å². The highest BCUT2D eigenvalue weighted by Crippen LogP contribution is 2.16. The number of benzene rings is 1. The van der Waals surface area contributed by atoms with Crippen LogP contribution in [0.1, 0.15) is 45.6 Å². The van der Waals surface area contributed by atoms with Crippen molar-refractivity contribution in [2.75, 3.05) is 13.2 Å². The van der Waals surface area contributed by atoms with E-state index in [4.69, 9.17) is 10.00 Å². The molecule has 1 unspecified atom stereocenters. The Hall–Kier alpha value is -1.53. The molecular weight excluding hydrogens is 248 g/mol.